The zero-order chi connectivity index (χ0) is 18.1. The van der Waals surface area contributed by atoms with Gasteiger partial charge in [0.05, 0.1) is 0 Å². The maximum absolute atomic E-state index is 11.9. The van der Waals surface area contributed by atoms with E-state index < -0.39 is 5.97 Å². The summed E-state index contributed by atoms with van der Waals surface area (Å²) in [6.45, 7) is 1.26. The van der Waals surface area contributed by atoms with Gasteiger partial charge in [0.2, 0.25) is 0 Å². The van der Waals surface area contributed by atoms with Gasteiger partial charge in [-0.15, -0.1) is 0 Å². The maximum atomic E-state index is 11.9. The molecule has 1 N–H and O–H groups in total. The predicted molar refractivity (Wildman–Crippen MR) is 95.8 cm³/mol. The van der Waals surface area contributed by atoms with E-state index >= 15 is 0 Å². The standard InChI is InChI=1S/C16H14O4.C5H5.Fe/c1-11(17)20-13-7-8-14(16(19)10-13)15(18)9-6-12-4-2-3-5-12;1-2-4-5-3-1;/h2-10,18-19H,1H3;1-5H;/q;-1;+2/p-1. The Kier molecular flexibility index (Phi) is 8.85. The van der Waals surface area contributed by atoms with Crippen LogP contribution < -0.4 is 9.84 Å². The Morgan fingerprint density at radius 2 is 1.85 bits per heavy atom. The molecule has 3 rings (SSSR count). The molecule has 0 aromatic heterocycles. The van der Waals surface area contributed by atoms with E-state index in [9.17, 15) is 15.0 Å². The van der Waals surface area contributed by atoms with E-state index in [1.54, 1.807) is 6.08 Å². The number of phenols is 1. The first-order valence-electron chi connectivity index (χ1n) is 7.68. The number of hydrogen-bond donors (Lipinski definition) is 1. The molecule has 0 saturated carbocycles. The molecule has 0 spiro atoms. The van der Waals surface area contributed by atoms with E-state index in [1.165, 1.54) is 31.2 Å². The van der Waals surface area contributed by atoms with Gasteiger partial charge in [-0.25, -0.2) is 12.1 Å². The fourth-order valence-electron chi connectivity index (χ4n) is 2.03. The number of ether oxygens (including phenoxy) is 1. The van der Waals surface area contributed by atoms with Crippen LogP contribution in [-0.2, 0) is 21.9 Å². The van der Waals surface area contributed by atoms with Crippen LogP contribution in [0.4, 0.5) is 0 Å². The molecule has 26 heavy (non-hydrogen) atoms. The number of hydrogen-bond acceptors (Lipinski definition) is 4. The van der Waals surface area contributed by atoms with E-state index in [-0.39, 0.29) is 39.9 Å². The fraction of sp³-hybridized carbons (Fsp3) is 0.0476. The first-order chi connectivity index (χ1) is 12.1. The minimum atomic E-state index is -0.486. The zero-order valence-corrected chi connectivity index (χ0v) is 15.2. The van der Waals surface area contributed by atoms with E-state index in [0.29, 0.717) is 0 Å². The smallest absolute Gasteiger partial charge is 0.872 e. The van der Waals surface area contributed by atoms with Crippen molar-refractivity contribution in [3.05, 3.63) is 96.1 Å². The zero-order valence-electron chi connectivity index (χ0n) is 14.1. The number of allylic oxidation sites excluding steroid dienone is 7. The van der Waals surface area contributed by atoms with Crippen molar-refractivity contribution in [2.75, 3.05) is 0 Å². The number of aromatic hydroxyl groups is 1. The number of benzene rings is 1. The van der Waals surface area contributed by atoms with Crippen molar-refractivity contribution in [3.8, 4) is 11.5 Å². The summed E-state index contributed by atoms with van der Waals surface area (Å²) in [4.78, 5) is 10.8. The maximum Gasteiger partial charge on any atom is 2.00 e. The topological polar surface area (TPSA) is 69.6 Å². The molecule has 1 aliphatic rings. The summed E-state index contributed by atoms with van der Waals surface area (Å²) in [6.07, 6.45) is 10.5. The van der Waals surface area contributed by atoms with Crippen molar-refractivity contribution in [2.45, 2.75) is 6.92 Å². The molecule has 0 radical (unpaired) electrons. The average molecular weight is 390 g/mol. The average Bonchev–Trinajstić information content (AvgIpc) is 3.28. The number of carbonyl (C=O) groups excluding carboxylic acids is 1. The van der Waals surface area contributed by atoms with Crippen molar-refractivity contribution in [1.82, 2.24) is 0 Å². The monoisotopic (exact) mass is 390 g/mol. The molecular weight excluding hydrogens is 372 g/mol. The second kappa shape index (κ2) is 10.9. The third-order valence-electron chi connectivity index (χ3n) is 3.17. The quantitative estimate of drug-likeness (QED) is 0.287. The van der Waals surface area contributed by atoms with Crippen LogP contribution in [-0.4, -0.2) is 11.1 Å². The van der Waals surface area contributed by atoms with Gasteiger partial charge in [0.15, 0.2) is 0 Å². The van der Waals surface area contributed by atoms with Crippen LogP contribution in [0.25, 0.3) is 5.76 Å². The van der Waals surface area contributed by atoms with Gasteiger partial charge in [0, 0.05) is 18.6 Å². The molecule has 0 heterocycles. The van der Waals surface area contributed by atoms with Crippen LogP contribution in [0.1, 0.15) is 12.5 Å². The summed E-state index contributed by atoms with van der Waals surface area (Å²) in [6, 6.07) is 14.1. The molecule has 0 bridgehead atoms. The third kappa shape index (κ3) is 6.93. The Labute approximate surface area is 163 Å². The molecule has 0 saturated heterocycles. The molecular formula is C21H18FeO4. The van der Waals surface area contributed by atoms with Gasteiger partial charge < -0.3 is 14.9 Å². The minimum Gasteiger partial charge on any atom is -0.872 e. The van der Waals surface area contributed by atoms with E-state index in [0.717, 1.165) is 5.57 Å². The Balaban J connectivity index is 0.000000486. The van der Waals surface area contributed by atoms with Crippen molar-refractivity contribution in [1.29, 1.82) is 0 Å². The van der Waals surface area contributed by atoms with Crippen LogP contribution in [0, 0.1) is 0 Å². The molecule has 0 amide bonds. The first-order valence-corrected chi connectivity index (χ1v) is 7.68. The Hall–Kier alpha value is -2.88. The van der Waals surface area contributed by atoms with Crippen molar-refractivity contribution in [2.24, 2.45) is 0 Å². The molecule has 1 aliphatic carbocycles. The van der Waals surface area contributed by atoms with Crippen LogP contribution in [0.2, 0.25) is 0 Å². The molecule has 2 aromatic rings. The Morgan fingerprint density at radius 3 is 2.35 bits per heavy atom. The van der Waals surface area contributed by atoms with Gasteiger partial charge >= 0.3 is 23.0 Å². The molecule has 134 valence electrons. The fourth-order valence-corrected chi connectivity index (χ4v) is 2.03. The third-order valence-corrected chi connectivity index (χ3v) is 3.17. The minimum absolute atomic E-state index is 0. The summed E-state index contributed by atoms with van der Waals surface area (Å²) in [5.74, 6) is -0.829. The molecule has 5 heteroatoms. The second-order valence-electron chi connectivity index (χ2n) is 5.15. The number of phenolic OH excluding ortho intramolecular Hbond substituents is 1. The normalized spacial score (nSPS) is 12.0. The van der Waals surface area contributed by atoms with Gasteiger partial charge in [-0.1, -0.05) is 42.2 Å². The van der Waals surface area contributed by atoms with Gasteiger partial charge in [-0.3, -0.25) is 4.79 Å². The van der Waals surface area contributed by atoms with Crippen LogP contribution >= 0.6 is 0 Å². The number of carbonyl (C=O) groups is 1. The van der Waals surface area contributed by atoms with Crippen molar-refractivity contribution in [3.63, 3.8) is 0 Å². The summed E-state index contributed by atoms with van der Waals surface area (Å²) >= 11 is 0. The van der Waals surface area contributed by atoms with Gasteiger partial charge in [-0.2, -0.15) is 18.2 Å². The van der Waals surface area contributed by atoms with Crippen LogP contribution in [0.3, 0.4) is 0 Å². The summed E-state index contributed by atoms with van der Waals surface area (Å²) in [5, 5.41) is 21.7. The molecule has 0 atom stereocenters. The number of rotatable bonds is 3. The van der Waals surface area contributed by atoms with Gasteiger partial charge in [0.1, 0.15) is 11.5 Å². The van der Waals surface area contributed by atoms with E-state index in [4.69, 9.17) is 4.74 Å². The van der Waals surface area contributed by atoms with Crippen molar-refractivity contribution < 1.29 is 36.8 Å². The molecule has 0 aliphatic heterocycles. The molecule has 4 nitrogen and oxygen atoms in total. The summed E-state index contributed by atoms with van der Waals surface area (Å²) < 4.78 is 4.82. The Morgan fingerprint density at radius 1 is 1.19 bits per heavy atom. The summed E-state index contributed by atoms with van der Waals surface area (Å²) in [5.41, 5.74) is 1.07. The van der Waals surface area contributed by atoms with Crippen molar-refractivity contribution >= 4 is 11.7 Å². The SMILES string of the molecule is CC(=O)Oc1ccc(C([O-])=CC=C2C=CC=C2)c(O)c1.[Fe+2].c1cc[cH-]c1. The first kappa shape index (κ1) is 21.2. The van der Waals surface area contributed by atoms with Crippen LogP contribution in [0.5, 0.6) is 11.5 Å². The second-order valence-corrected chi connectivity index (χ2v) is 5.15. The van der Waals surface area contributed by atoms with Gasteiger partial charge in [-0.05, 0) is 17.7 Å². The summed E-state index contributed by atoms with van der Waals surface area (Å²) in [7, 11) is 0. The van der Waals surface area contributed by atoms with E-state index in [2.05, 4.69) is 0 Å². The Bertz CT molecular complexity index is 796. The van der Waals surface area contributed by atoms with E-state index in [1.807, 2.05) is 54.6 Å². The molecule has 0 fully saturated rings. The number of esters is 1. The van der Waals surface area contributed by atoms with Gasteiger partial charge in [0.25, 0.3) is 0 Å². The molecule has 2 aromatic carbocycles. The van der Waals surface area contributed by atoms with Crippen LogP contribution in [0.15, 0.2) is 90.6 Å². The predicted octanol–water partition coefficient (Wildman–Crippen LogP) is 3.47. The molecule has 0 unspecified atom stereocenters. The largest absolute Gasteiger partial charge is 2.00 e.